The molecule has 1 N–H and O–H groups in total. The van der Waals surface area contributed by atoms with Crippen molar-refractivity contribution in [1.29, 1.82) is 0 Å². The summed E-state index contributed by atoms with van der Waals surface area (Å²) in [6, 6.07) is 14.1. The highest BCUT2D eigenvalue weighted by Gasteiger charge is 2.24. The average Bonchev–Trinajstić information content (AvgIpc) is 3.07. The Morgan fingerprint density at radius 3 is 2.60 bits per heavy atom. The van der Waals surface area contributed by atoms with Crippen molar-refractivity contribution in [3.63, 3.8) is 0 Å². The molecule has 0 fully saturated rings. The van der Waals surface area contributed by atoms with Gasteiger partial charge >= 0.3 is 0 Å². The Kier molecular flexibility index (Phi) is 5.31. The molecule has 0 aliphatic heterocycles. The molecule has 8 heteroatoms. The van der Waals surface area contributed by atoms with Crippen LogP contribution in [0.2, 0.25) is 0 Å². The molecule has 0 aliphatic carbocycles. The Morgan fingerprint density at radius 1 is 1.20 bits per heavy atom. The Bertz CT molecular complexity index is 944. The van der Waals surface area contributed by atoms with E-state index in [1.165, 1.54) is 6.33 Å². The van der Waals surface area contributed by atoms with Crippen LogP contribution in [0.25, 0.3) is 0 Å². The fraction of sp³-hybridized carbons (Fsp3) is 0.176. The van der Waals surface area contributed by atoms with Crippen LogP contribution in [-0.4, -0.2) is 23.2 Å². The van der Waals surface area contributed by atoms with Crippen molar-refractivity contribution in [1.82, 2.24) is 19.5 Å². The van der Waals surface area contributed by atoms with Crippen LogP contribution in [0.1, 0.15) is 17.2 Å². The van der Waals surface area contributed by atoms with Crippen molar-refractivity contribution in [3.05, 3.63) is 76.8 Å². The van der Waals surface area contributed by atoms with Gasteiger partial charge in [-0.3, -0.25) is 4.68 Å². The predicted octanol–water partition coefficient (Wildman–Crippen LogP) is 3.07. The minimum absolute atomic E-state index is 0.206. The van der Waals surface area contributed by atoms with E-state index in [2.05, 4.69) is 30.7 Å². The van der Waals surface area contributed by atoms with E-state index in [9.17, 15) is 8.42 Å². The van der Waals surface area contributed by atoms with Gasteiger partial charge in [0.15, 0.2) is 0 Å². The molecule has 0 saturated heterocycles. The van der Waals surface area contributed by atoms with E-state index in [1.807, 2.05) is 37.3 Å². The lowest BCUT2D eigenvalue weighted by Gasteiger charge is -2.20. The number of sulfonamides is 1. The predicted molar refractivity (Wildman–Crippen MR) is 98.4 cm³/mol. The first-order valence-electron chi connectivity index (χ1n) is 7.61. The maximum absolute atomic E-state index is 12.9. The van der Waals surface area contributed by atoms with Gasteiger partial charge in [0.2, 0.25) is 10.0 Å². The molecular formula is C17H17BrN4O2S. The normalized spacial score (nSPS) is 12.9. The summed E-state index contributed by atoms with van der Waals surface area (Å²) in [5.74, 6) is 0. The zero-order valence-corrected chi connectivity index (χ0v) is 15.9. The lowest BCUT2D eigenvalue weighted by Crippen LogP contribution is -2.32. The minimum atomic E-state index is -3.72. The summed E-state index contributed by atoms with van der Waals surface area (Å²) in [6.07, 6.45) is 2.99. The second-order valence-corrected chi connectivity index (χ2v) is 8.17. The van der Waals surface area contributed by atoms with Gasteiger partial charge in [0.25, 0.3) is 0 Å². The first-order chi connectivity index (χ1) is 12.0. The minimum Gasteiger partial charge on any atom is -0.251 e. The van der Waals surface area contributed by atoms with Crippen LogP contribution in [0.15, 0.2) is 70.6 Å². The van der Waals surface area contributed by atoms with Gasteiger partial charge in [0, 0.05) is 4.47 Å². The van der Waals surface area contributed by atoms with Crippen LogP contribution in [0.5, 0.6) is 0 Å². The molecule has 1 aromatic heterocycles. The second kappa shape index (κ2) is 7.47. The fourth-order valence-electron chi connectivity index (χ4n) is 2.48. The van der Waals surface area contributed by atoms with Crippen molar-refractivity contribution >= 4 is 26.0 Å². The molecule has 3 rings (SSSR count). The van der Waals surface area contributed by atoms with Gasteiger partial charge in [0.1, 0.15) is 12.7 Å². The molecule has 1 heterocycles. The molecule has 2 aromatic carbocycles. The third-order valence-corrected chi connectivity index (χ3v) is 6.16. The van der Waals surface area contributed by atoms with Crippen LogP contribution in [0.3, 0.4) is 0 Å². The lowest BCUT2D eigenvalue weighted by atomic mass is 10.1. The second-order valence-electron chi connectivity index (χ2n) is 5.64. The van der Waals surface area contributed by atoms with Gasteiger partial charge in [-0.15, -0.1) is 0 Å². The van der Waals surface area contributed by atoms with Crippen LogP contribution >= 0.6 is 15.9 Å². The van der Waals surface area contributed by atoms with Gasteiger partial charge in [0.05, 0.1) is 17.5 Å². The zero-order chi connectivity index (χ0) is 17.9. The van der Waals surface area contributed by atoms with Crippen molar-refractivity contribution in [3.8, 4) is 0 Å². The largest absolute Gasteiger partial charge is 0.251 e. The van der Waals surface area contributed by atoms with Gasteiger partial charge in [-0.05, 0) is 46.1 Å². The molecule has 0 spiro atoms. The van der Waals surface area contributed by atoms with E-state index >= 15 is 0 Å². The molecule has 1 unspecified atom stereocenters. The van der Waals surface area contributed by atoms with E-state index in [1.54, 1.807) is 29.2 Å². The molecule has 0 bridgehead atoms. The number of nitrogens with zero attached hydrogens (tertiary/aromatic N) is 3. The van der Waals surface area contributed by atoms with Crippen LogP contribution in [0, 0.1) is 6.92 Å². The van der Waals surface area contributed by atoms with Crippen molar-refractivity contribution in [2.75, 3.05) is 0 Å². The molecule has 1 atom stereocenters. The van der Waals surface area contributed by atoms with E-state index in [0.29, 0.717) is 11.0 Å². The van der Waals surface area contributed by atoms with Crippen molar-refractivity contribution in [2.24, 2.45) is 0 Å². The molecule has 6 nitrogen and oxygen atoms in total. The van der Waals surface area contributed by atoms with Crippen molar-refractivity contribution in [2.45, 2.75) is 24.4 Å². The topological polar surface area (TPSA) is 76.9 Å². The standard InChI is InChI=1S/C17H17BrN4O2S/c1-13-7-8-17(15(18)9-13)25(23,24)21-16(10-22-12-19-11-20-22)14-5-3-2-4-6-14/h2-9,11-12,16,21H,10H2,1H3. The Balaban J connectivity index is 1.93. The summed E-state index contributed by atoms with van der Waals surface area (Å²) in [4.78, 5) is 4.12. The Hall–Kier alpha value is -2.03. The van der Waals surface area contributed by atoms with Crippen LogP contribution in [0.4, 0.5) is 0 Å². The highest BCUT2D eigenvalue weighted by Crippen LogP contribution is 2.25. The fourth-order valence-corrected chi connectivity index (χ4v) is 4.89. The molecular weight excluding hydrogens is 404 g/mol. The first-order valence-corrected chi connectivity index (χ1v) is 9.89. The molecule has 0 saturated carbocycles. The Labute approximate surface area is 155 Å². The van der Waals surface area contributed by atoms with E-state index in [4.69, 9.17) is 0 Å². The zero-order valence-electron chi connectivity index (χ0n) is 13.5. The number of halogens is 1. The van der Waals surface area contributed by atoms with E-state index in [-0.39, 0.29) is 4.90 Å². The average molecular weight is 421 g/mol. The third-order valence-electron chi connectivity index (χ3n) is 3.71. The van der Waals surface area contributed by atoms with Crippen LogP contribution < -0.4 is 4.72 Å². The number of hydrogen-bond acceptors (Lipinski definition) is 4. The smallest absolute Gasteiger partial charge is 0.242 e. The quantitative estimate of drug-likeness (QED) is 0.664. The molecule has 0 amide bonds. The molecule has 0 radical (unpaired) electrons. The third kappa shape index (κ3) is 4.33. The summed E-state index contributed by atoms with van der Waals surface area (Å²) in [7, 11) is -3.72. The maximum Gasteiger partial charge on any atom is 0.242 e. The summed E-state index contributed by atoms with van der Waals surface area (Å²) < 4.78 is 30.7. The molecule has 130 valence electrons. The molecule has 3 aromatic rings. The number of rotatable bonds is 6. The molecule has 25 heavy (non-hydrogen) atoms. The highest BCUT2D eigenvalue weighted by molar-refractivity contribution is 9.10. The first kappa shape index (κ1) is 17.8. The monoisotopic (exact) mass is 420 g/mol. The summed E-state index contributed by atoms with van der Waals surface area (Å²) in [5, 5.41) is 4.07. The highest BCUT2D eigenvalue weighted by atomic mass is 79.9. The summed E-state index contributed by atoms with van der Waals surface area (Å²) in [6.45, 7) is 2.25. The van der Waals surface area contributed by atoms with Gasteiger partial charge in [-0.1, -0.05) is 36.4 Å². The van der Waals surface area contributed by atoms with Crippen molar-refractivity contribution < 1.29 is 8.42 Å². The van der Waals surface area contributed by atoms with Gasteiger partial charge in [-0.2, -0.15) is 5.10 Å². The number of aryl methyl sites for hydroxylation is 1. The number of hydrogen-bond donors (Lipinski definition) is 1. The maximum atomic E-state index is 12.9. The summed E-state index contributed by atoms with van der Waals surface area (Å²) in [5.41, 5.74) is 1.83. The lowest BCUT2D eigenvalue weighted by molar-refractivity contribution is 0.482. The number of nitrogens with one attached hydrogen (secondary N) is 1. The summed E-state index contributed by atoms with van der Waals surface area (Å²) >= 11 is 3.34. The van der Waals surface area contributed by atoms with Crippen LogP contribution in [-0.2, 0) is 16.6 Å². The SMILES string of the molecule is Cc1ccc(S(=O)(=O)NC(Cn2cncn2)c2ccccc2)c(Br)c1. The van der Waals surface area contributed by atoms with Gasteiger partial charge in [-0.25, -0.2) is 18.1 Å². The Morgan fingerprint density at radius 2 is 1.96 bits per heavy atom. The molecule has 0 aliphatic rings. The number of benzene rings is 2. The van der Waals surface area contributed by atoms with Gasteiger partial charge < -0.3 is 0 Å². The number of aromatic nitrogens is 3. The van der Waals surface area contributed by atoms with E-state index < -0.39 is 16.1 Å². The van der Waals surface area contributed by atoms with E-state index in [0.717, 1.165) is 11.1 Å².